The first-order valence-electron chi connectivity index (χ1n) is 12.0. The number of hydrogen-bond donors (Lipinski definition) is 1. The van der Waals surface area contributed by atoms with Gasteiger partial charge in [-0.25, -0.2) is 0 Å². The van der Waals surface area contributed by atoms with Gasteiger partial charge in [-0.3, -0.25) is 14.5 Å². The standard InChI is InChI=1S/C27H33N3O2/c1-19(31)26(22-6-3-2-4-7-22)30-17-24(18-30)27(32)29-14-11-20(12-15-29)23-10-9-21-8-5-13-28-25(21)16-23/h2-4,6-7,9-10,16,20,24,26,28H,5,8,11-15,17-18H2,1H3. The fourth-order valence-electron chi connectivity index (χ4n) is 5.64. The van der Waals surface area contributed by atoms with Crippen molar-refractivity contribution in [3.8, 4) is 0 Å². The van der Waals surface area contributed by atoms with E-state index in [1.54, 1.807) is 6.92 Å². The number of amides is 1. The zero-order valence-corrected chi connectivity index (χ0v) is 18.9. The Morgan fingerprint density at radius 2 is 1.78 bits per heavy atom. The normalized spacial score (nSPS) is 20.7. The van der Waals surface area contributed by atoms with Crippen molar-refractivity contribution in [3.05, 3.63) is 65.2 Å². The maximum absolute atomic E-state index is 13.1. The van der Waals surface area contributed by atoms with Crippen LogP contribution in [-0.4, -0.2) is 54.2 Å². The van der Waals surface area contributed by atoms with Crippen LogP contribution in [0.4, 0.5) is 5.69 Å². The van der Waals surface area contributed by atoms with E-state index in [1.807, 2.05) is 30.3 Å². The van der Waals surface area contributed by atoms with E-state index in [0.29, 0.717) is 19.0 Å². The van der Waals surface area contributed by atoms with Crippen molar-refractivity contribution in [2.45, 2.75) is 44.6 Å². The highest BCUT2D eigenvalue weighted by atomic mass is 16.2. The lowest BCUT2D eigenvalue weighted by molar-refractivity contribution is -0.145. The van der Waals surface area contributed by atoms with Gasteiger partial charge in [-0.2, -0.15) is 0 Å². The topological polar surface area (TPSA) is 52.7 Å². The minimum atomic E-state index is -0.233. The van der Waals surface area contributed by atoms with E-state index in [-0.39, 0.29) is 23.7 Å². The number of fused-ring (bicyclic) bond motifs is 1. The van der Waals surface area contributed by atoms with Crippen molar-refractivity contribution in [3.63, 3.8) is 0 Å². The number of nitrogens with one attached hydrogen (secondary N) is 1. The maximum Gasteiger partial charge on any atom is 0.228 e. The van der Waals surface area contributed by atoms with E-state index in [2.05, 4.69) is 33.3 Å². The van der Waals surface area contributed by atoms with Crippen LogP contribution in [0.1, 0.15) is 54.8 Å². The van der Waals surface area contributed by atoms with Gasteiger partial charge in [-0.15, -0.1) is 0 Å². The summed E-state index contributed by atoms with van der Waals surface area (Å²) in [4.78, 5) is 29.6. The van der Waals surface area contributed by atoms with E-state index in [1.165, 1.54) is 29.7 Å². The molecular weight excluding hydrogens is 398 g/mol. The molecule has 0 aromatic heterocycles. The molecule has 2 aromatic carbocycles. The molecule has 1 atom stereocenters. The number of nitrogens with zero attached hydrogens (tertiary/aromatic N) is 2. The van der Waals surface area contributed by atoms with Gasteiger partial charge in [0.2, 0.25) is 5.91 Å². The van der Waals surface area contributed by atoms with Gasteiger partial charge in [0.15, 0.2) is 5.78 Å². The van der Waals surface area contributed by atoms with Gasteiger partial charge in [0.25, 0.3) is 0 Å². The van der Waals surface area contributed by atoms with Crippen LogP contribution in [0.5, 0.6) is 0 Å². The van der Waals surface area contributed by atoms with Crippen LogP contribution in [0.15, 0.2) is 48.5 Å². The second-order valence-electron chi connectivity index (χ2n) is 9.62. The molecule has 0 saturated carbocycles. The molecule has 1 N–H and O–H groups in total. The maximum atomic E-state index is 13.1. The molecule has 32 heavy (non-hydrogen) atoms. The lowest BCUT2D eigenvalue weighted by atomic mass is 9.86. The molecule has 2 aromatic rings. The van der Waals surface area contributed by atoms with E-state index >= 15 is 0 Å². The van der Waals surface area contributed by atoms with E-state index in [9.17, 15) is 9.59 Å². The first kappa shape index (κ1) is 21.2. The van der Waals surface area contributed by atoms with Gasteiger partial charge in [0.1, 0.15) is 0 Å². The van der Waals surface area contributed by atoms with Crippen LogP contribution in [0, 0.1) is 5.92 Å². The molecule has 3 aliphatic heterocycles. The summed E-state index contributed by atoms with van der Waals surface area (Å²) in [5, 5.41) is 3.54. The van der Waals surface area contributed by atoms with Crippen LogP contribution in [0.2, 0.25) is 0 Å². The van der Waals surface area contributed by atoms with Gasteiger partial charge in [-0.1, -0.05) is 42.5 Å². The molecule has 1 unspecified atom stereocenters. The zero-order valence-electron chi connectivity index (χ0n) is 18.9. The van der Waals surface area contributed by atoms with Crippen LogP contribution >= 0.6 is 0 Å². The highest BCUT2D eigenvalue weighted by Gasteiger charge is 2.41. The van der Waals surface area contributed by atoms with Gasteiger partial charge >= 0.3 is 0 Å². The van der Waals surface area contributed by atoms with Crippen molar-refractivity contribution >= 4 is 17.4 Å². The largest absolute Gasteiger partial charge is 0.385 e. The lowest BCUT2D eigenvalue weighted by Crippen LogP contribution is -2.57. The Hall–Kier alpha value is -2.66. The lowest BCUT2D eigenvalue weighted by Gasteiger charge is -2.45. The van der Waals surface area contributed by atoms with Gasteiger partial charge < -0.3 is 10.2 Å². The third-order valence-corrected chi connectivity index (χ3v) is 7.47. The monoisotopic (exact) mass is 431 g/mol. The molecule has 0 radical (unpaired) electrons. The molecule has 0 spiro atoms. The smallest absolute Gasteiger partial charge is 0.228 e. The van der Waals surface area contributed by atoms with Crippen LogP contribution in [0.3, 0.4) is 0 Å². The van der Waals surface area contributed by atoms with Crippen molar-refractivity contribution in [2.75, 3.05) is 38.0 Å². The third-order valence-electron chi connectivity index (χ3n) is 7.47. The van der Waals surface area contributed by atoms with Crippen molar-refractivity contribution in [2.24, 2.45) is 5.92 Å². The number of likely N-dealkylation sites (tertiary alicyclic amines) is 2. The Labute approximate surface area is 190 Å². The number of rotatable bonds is 5. The van der Waals surface area contributed by atoms with Crippen LogP contribution in [0.25, 0.3) is 0 Å². The first-order chi connectivity index (χ1) is 15.6. The molecule has 3 aliphatic rings. The molecule has 3 heterocycles. The summed E-state index contributed by atoms with van der Waals surface area (Å²) >= 11 is 0. The molecule has 5 rings (SSSR count). The molecule has 168 valence electrons. The molecule has 2 saturated heterocycles. The van der Waals surface area contributed by atoms with E-state index < -0.39 is 0 Å². The fraction of sp³-hybridized carbons (Fsp3) is 0.481. The first-order valence-corrected chi connectivity index (χ1v) is 12.0. The van der Waals surface area contributed by atoms with Crippen LogP contribution < -0.4 is 5.32 Å². The predicted octanol–water partition coefficient (Wildman–Crippen LogP) is 4.01. The molecule has 0 aliphatic carbocycles. The van der Waals surface area contributed by atoms with Gasteiger partial charge in [-0.05, 0) is 61.3 Å². The summed E-state index contributed by atoms with van der Waals surface area (Å²) < 4.78 is 0. The summed E-state index contributed by atoms with van der Waals surface area (Å²) in [5.74, 6) is 0.959. The summed E-state index contributed by atoms with van der Waals surface area (Å²) in [6, 6.07) is 16.6. The number of aryl methyl sites for hydroxylation is 1. The Kier molecular flexibility index (Phi) is 6.01. The number of hydrogen-bond acceptors (Lipinski definition) is 4. The molecule has 5 heteroatoms. The second kappa shape index (κ2) is 9.07. The summed E-state index contributed by atoms with van der Waals surface area (Å²) in [5.41, 5.74) is 5.17. The molecule has 2 fully saturated rings. The number of anilines is 1. The minimum absolute atomic E-state index is 0.0186. The molecule has 1 amide bonds. The fourth-order valence-corrected chi connectivity index (χ4v) is 5.64. The van der Waals surface area contributed by atoms with Crippen molar-refractivity contribution < 1.29 is 9.59 Å². The number of Topliss-reactive ketones (excluding diaryl/α,β-unsaturated/α-hetero) is 1. The molecule has 0 bridgehead atoms. The number of carbonyl (C=O) groups is 2. The van der Waals surface area contributed by atoms with Crippen molar-refractivity contribution in [1.29, 1.82) is 0 Å². The zero-order chi connectivity index (χ0) is 22.1. The molecule has 5 nitrogen and oxygen atoms in total. The number of ketones is 1. The van der Waals surface area contributed by atoms with E-state index in [4.69, 9.17) is 0 Å². The average molecular weight is 432 g/mol. The van der Waals surface area contributed by atoms with Gasteiger partial charge in [0, 0.05) is 38.4 Å². The van der Waals surface area contributed by atoms with E-state index in [0.717, 1.165) is 38.0 Å². The highest BCUT2D eigenvalue weighted by Crippen LogP contribution is 2.35. The SMILES string of the molecule is CC(=O)C(c1ccccc1)N1CC(C(=O)N2CCC(c3ccc4c(c3)NCCC4)CC2)C1. The Morgan fingerprint density at radius 3 is 2.50 bits per heavy atom. The van der Waals surface area contributed by atoms with Gasteiger partial charge in [0.05, 0.1) is 12.0 Å². The highest BCUT2D eigenvalue weighted by molar-refractivity contribution is 5.84. The molecular formula is C27H33N3O2. The predicted molar refractivity (Wildman–Crippen MR) is 127 cm³/mol. The summed E-state index contributed by atoms with van der Waals surface area (Å²) in [6.45, 7) is 5.73. The van der Waals surface area contributed by atoms with Crippen molar-refractivity contribution in [1.82, 2.24) is 9.80 Å². The number of carbonyl (C=O) groups excluding carboxylic acids is 2. The minimum Gasteiger partial charge on any atom is -0.385 e. The Bertz CT molecular complexity index is 976. The summed E-state index contributed by atoms with van der Waals surface area (Å²) in [6.07, 6.45) is 4.44. The average Bonchev–Trinajstić information content (AvgIpc) is 2.81. The third kappa shape index (κ3) is 4.18. The summed E-state index contributed by atoms with van der Waals surface area (Å²) in [7, 11) is 0. The Balaban J connectivity index is 1.15. The van der Waals surface area contributed by atoms with Crippen LogP contribution in [-0.2, 0) is 16.0 Å². The number of benzene rings is 2. The number of piperidine rings is 1. The second-order valence-corrected chi connectivity index (χ2v) is 9.62. The Morgan fingerprint density at radius 1 is 1.03 bits per heavy atom. The quantitative estimate of drug-likeness (QED) is 0.777.